The van der Waals surface area contributed by atoms with E-state index in [2.05, 4.69) is 22.7 Å². The molecule has 4 aromatic rings. The van der Waals surface area contributed by atoms with Crippen LogP contribution < -0.4 is 10.5 Å². The topological polar surface area (TPSA) is 52.5 Å². The van der Waals surface area contributed by atoms with Crippen molar-refractivity contribution < 1.29 is 4.74 Å². The summed E-state index contributed by atoms with van der Waals surface area (Å²) in [5, 5.41) is 0. The van der Waals surface area contributed by atoms with Crippen LogP contribution in [0.25, 0.3) is 26.7 Å². The molecule has 5 heteroatoms. The molecule has 2 N–H and O–H groups in total. The van der Waals surface area contributed by atoms with Gasteiger partial charge in [-0.15, -0.1) is 0 Å². The highest BCUT2D eigenvalue weighted by Crippen LogP contribution is 2.33. The maximum atomic E-state index is 6.04. The van der Waals surface area contributed by atoms with Crippen LogP contribution in [0, 0.1) is 0 Å². The molecule has 0 aliphatic heterocycles. The zero-order chi connectivity index (χ0) is 17.2. The number of rotatable bonds is 5. The Morgan fingerprint density at radius 2 is 1.80 bits per heavy atom. The lowest BCUT2D eigenvalue weighted by atomic mass is 10.1. The number of fused-ring (bicyclic) bond motifs is 1. The minimum absolute atomic E-state index is 0.439. The molecule has 0 aliphatic carbocycles. The van der Waals surface area contributed by atoms with E-state index in [-0.39, 0.29) is 0 Å². The normalized spacial score (nSPS) is 11.1. The molecule has 0 radical (unpaired) electrons. The molecule has 4 nitrogen and oxygen atoms in total. The molecule has 25 heavy (non-hydrogen) atoms. The molecule has 0 aliphatic rings. The van der Waals surface area contributed by atoms with Crippen LogP contribution in [-0.2, 0) is 6.54 Å². The van der Waals surface area contributed by atoms with E-state index in [1.54, 1.807) is 11.3 Å². The number of hydrogen-bond acceptors (Lipinski definition) is 4. The number of benzene rings is 2. The van der Waals surface area contributed by atoms with Gasteiger partial charge in [-0.2, -0.15) is 0 Å². The van der Waals surface area contributed by atoms with Gasteiger partial charge in [-0.25, -0.2) is 4.98 Å². The van der Waals surface area contributed by atoms with E-state index >= 15 is 0 Å². The second-order valence-electron chi connectivity index (χ2n) is 5.68. The third-order valence-corrected chi connectivity index (χ3v) is 5.15. The van der Waals surface area contributed by atoms with Gasteiger partial charge in [0.2, 0.25) is 0 Å². The first-order valence-corrected chi connectivity index (χ1v) is 9.11. The van der Waals surface area contributed by atoms with Gasteiger partial charge in [-0.1, -0.05) is 41.7 Å². The zero-order valence-electron chi connectivity index (χ0n) is 14.0. The summed E-state index contributed by atoms with van der Waals surface area (Å²) in [6, 6.07) is 18.4. The first kappa shape index (κ1) is 15.9. The van der Waals surface area contributed by atoms with Gasteiger partial charge in [0, 0.05) is 18.3 Å². The van der Waals surface area contributed by atoms with Gasteiger partial charge >= 0.3 is 0 Å². The van der Waals surface area contributed by atoms with Gasteiger partial charge in [0.15, 0.2) is 4.96 Å². The molecule has 0 unspecified atom stereocenters. The zero-order valence-corrected chi connectivity index (χ0v) is 14.8. The largest absolute Gasteiger partial charge is 0.494 e. The van der Waals surface area contributed by atoms with Crippen LogP contribution in [0.3, 0.4) is 0 Å². The molecule has 0 saturated carbocycles. The van der Waals surface area contributed by atoms with E-state index in [0.717, 1.165) is 27.7 Å². The summed E-state index contributed by atoms with van der Waals surface area (Å²) >= 11 is 1.68. The Hall–Kier alpha value is -2.63. The van der Waals surface area contributed by atoms with Crippen molar-refractivity contribution in [2.45, 2.75) is 13.5 Å². The highest BCUT2D eigenvalue weighted by atomic mass is 32.1. The van der Waals surface area contributed by atoms with Crippen molar-refractivity contribution in [3.8, 4) is 27.4 Å². The number of nitrogens with zero attached hydrogens (tertiary/aromatic N) is 2. The monoisotopic (exact) mass is 349 g/mol. The second kappa shape index (κ2) is 6.70. The predicted octanol–water partition coefficient (Wildman–Crippen LogP) is 4.59. The van der Waals surface area contributed by atoms with Crippen LogP contribution in [0.1, 0.15) is 12.6 Å². The summed E-state index contributed by atoms with van der Waals surface area (Å²) in [6.07, 6.45) is 2.13. The summed E-state index contributed by atoms with van der Waals surface area (Å²) in [4.78, 5) is 6.99. The van der Waals surface area contributed by atoms with Crippen molar-refractivity contribution in [1.82, 2.24) is 9.38 Å². The maximum absolute atomic E-state index is 6.04. The van der Waals surface area contributed by atoms with Gasteiger partial charge in [-0.05, 0) is 36.8 Å². The molecule has 0 spiro atoms. The van der Waals surface area contributed by atoms with E-state index < -0.39 is 0 Å². The molecule has 4 rings (SSSR count). The smallest absolute Gasteiger partial charge is 0.195 e. The fourth-order valence-corrected chi connectivity index (χ4v) is 3.94. The Morgan fingerprint density at radius 1 is 1.04 bits per heavy atom. The Kier molecular flexibility index (Phi) is 4.26. The van der Waals surface area contributed by atoms with Crippen LogP contribution >= 0.6 is 11.3 Å². The minimum Gasteiger partial charge on any atom is -0.494 e. The summed E-state index contributed by atoms with van der Waals surface area (Å²) in [5.74, 6) is 0.868. The predicted molar refractivity (Wildman–Crippen MR) is 103 cm³/mol. The average Bonchev–Trinajstić information content (AvgIpc) is 3.21. The Morgan fingerprint density at radius 3 is 2.48 bits per heavy atom. The lowest BCUT2D eigenvalue weighted by Gasteiger charge is -2.05. The molecular formula is C20H19N3OS. The summed E-state index contributed by atoms with van der Waals surface area (Å²) in [7, 11) is 0. The van der Waals surface area contributed by atoms with Gasteiger partial charge in [-0.3, -0.25) is 4.40 Å². The SMILES string of the molecule is CCOc1ccc(-c2nc3sc(-c4ccccc4)cn3c2CN)cc1. The van der Waals surface area contributed by atoms with Gasteiger partial charge in [0.05, 0.1) is 22.9 Å². The van der Waals surface area contributed by atoms with Crippen LogP contribution in [0.4, 0.5) is 0 Å². The quantitative estimate of drug-likeness (QED) is 0.573. The summed E-state index contributed by atoms with van der Waals surface area (Å²) in [5.41, 5.74) is 10.3. The van der Waals surface area contributed by atoms with Crippen molar-refractivity contribution in [3.05, 3.63) is 66.5 Å². The molecule has 126 valence electrons. The summed E-state index contributed by atoms with van der Waals surface area (Å²) in [6.45, 7) is 3.08. The van der Waals surface area contributed by atoms with E-state index in [0.29, 0.717) is 13.2 Å². The van der Waals surface area contributed by atoms with Gasteiger partial charge in [0.1, 0.15) is 5.75 Å². The van der Waals surface area contributed by atoms with Crippen molar-refractivity contribution in [2.24, 2.45) is 5.73 Å². The fourth-order valence-electron chi connectivity index (χ4n) is 2.93. The second-order valence-corrected chi connectivity index (χ2v) is 6.69. The third-order valence-electron chi connectivity index (χ3n) is 4.12. The van der Waals surface area contributed by atoms with E-state index in [4.69, 9.17) is 15.5 Å². The molecule has 2 heterocycles. The highest BCUT2D eigenvalue weighted by Gasteiger charge is 2.16. The molecular weight excluding hydrogens is 330 g/mol. The van der Waals surface area contributed by atoms with E-state index in [1.807, 2.05) is 49.4 Å². The maximum Gasteiger partial charge on any atom is 0.195 e. The summed E-state index contributed by atoms with van der Waals surface area (Å²) < 4.78 is 7.62. The molecule has 2 aromatic carbocycles. The van der Waals surface area contributed by atoms with Crippen LogP contribution in [0.5, 0.6) is 5.75 Å². The Bertz CT molecular complexity index is 987. The first-order valence-electron chi connectivity index (χ1n) is 8.29. The van der Waals surface area contributed by atoms with Crippen molar-refractivity contribution >= 4 is 16.3 Å². The van der Waals surface area contributed by atoms with Crippen LogP contribution in [0.2, 0.25) is 0 Å². The van der Waals surface area contributed by atoms with Crippen molar-refractivity contribution in [3.63, 3.8) is 0 Å². The number of imidazole rings is 1. The number of thiazole rings is 1. The molecule has 0 saturated heterocycles. The fraction of sp³-hybridized carbons (Fsp3) is 0.150. The van der Waals surface area contributed by atoms with Gasteiger partial charge in [0.25, 0.3) is 0 Å². The highest BCUT2D eigenvalue weighted by molar-refractivity contribution is 7.20. The standard InChI is InChI=1S/C20H19N3OS/c1-2-24-16-10-8-15(9-11-16)19-17(12-21)23-13-18(25-20(23)22-19)14-6-4-3-5-7-14/h3-11,13H,2,12,21H2,1H3. The van der Waals surface area contributed by atoms with Crippen LogP contribution in [0.15, 0.2) is 60.8 Å². The number of aromatic nitrogens is 2. The lowest BCUT2D eigenvalue weighted by Crippen LogP contribution is -2.01. The van der Waals surface area contributed by atoms with Crippen LogP contribution in [-0.4, -0.2) is 16.0 Å². The molecule has 0 bridgehead atoms. The number of hydrogen-bond donors (Lipinski definition) is 1. The lowest BCUT2D eigenvalue weighted by molar-refractivity contribution is 0.340. The van der Waals surface area contributed by atoms with Gasteiger partial charge < -0.3 is 10.5 Å². The van der Waals surface area contributed by atoms with E-state index in [1.165, 1.54) is 10.4 Å². The Labute approximate surface area is 150 Å². The Balaban J connectivity index is 1.76. The van der Waals surface area contributed by atoms with Crippen molar-refractivity contribution in [1.29, 1.82) is 0 Å². The van der Waals surface area contributed by atoms with E-state index in [9.17, 15) is 0 Å². The molecule has 0 fully saturated rings. The minimum atomic E-state index is 0.439. The average molecular weight is 349 g/mol. The molecule has 0 amide bonds. The number of ether oxygens (including phenoxy) is 1. The molecule has 2 aromatic heterocycles. The molecule has 0 atom stereocenters. The first-order chi connectivity index (χ1) is 12.3. The number of nitrogens with two attached hydrogens (primary N) is 1. The van der Waals surface area contributed by atoms with Crippen molar-refractivity contribution in [2.75, 3.05) is 6.61 Å². The third kappa shape index (κ3) is 2.92.